The first-order chi connectivity index (χ1) is 7.52. The summed E-state index contributed by atoms with van der Waals surface area (Å²) >= 11 is 0. The standard InChI is InChI=1S/C12H22O3S/c1-2-3-4-5-6-7-8-9-12(10-11-12)16(13,14)15/h2H,1,3-11H2,(H,13,14,15). The molecule has 0 spiro atoms. The summed E-state index contributed by atoms with van der Waals surface area (Å²) in [5.74, 6) is 0. The molecule has 16 heavy (non-hydrogen) atoms. The number of unbranched alkanes of at least 4 members (excludes halogenated alkanes) is 5. The molecule has 0 aromatic carbocycles. The van der Waals surface area contributed by atoms with Crippen molar-refractivity contribution in [3.05, 3.63) is 12.7 Å². The van der Waals surface area contributed by atoms with Gasteiger partial charge in [0.1, 0.15) is 0 Å². The van der Waals surface area contributed by atoms with E-state index in [4.69, 9.17) is 4.55 Å². The fourth-order valence-corrected chi connectivity index (χ4v) is 3.06. The van der Waals surface area contributed by atoms with Crippen molar-refractivity contribution in [1.82, 2.24) is 0 Å². The van der Waals surface area contributed by atoms with Gasteiger partial charge in [0.05, 0.1) is 4.75 Å². The maximum atomic E-state index is 11.1. The van der Waals surface area contributed by atoms with Gasteiger partial charge in [0, 0.05) is 0 Å². The van der Waals surface area contributed by atoms with Gasteiger partial charge < -0.3 is 0 Å². The Kier molecular flexibility index (Phi) is 4.99. The highest BCUT2D eigenvalue weighted by atomic mass is 32.2. The molecule has 0 heterocycles. The molecular formula is C12H22O3S. The van der Waals surface area contributed by atoms with Gasteiger partial charge >= 0.3 is 0 Å². The van der Waals surface area contributed by atoms with E-state index in [1.807, 2.05) is 6.08 Å². The predicted octanol–water partition coefficient (Wildman–Crippen LogP) is 3.32. The van der Waals surface area contributed by atoms with Crippen molar-refractivity contribution in [3.63, 3.8) is 0 Å². The summed E-state index contributed by atoms with van der Waals surface area (Å²) in [6.45, 7) is 3.67. The molecule has 1 N–H and O–H groups in total. The minimum Gasteiger partial charge on any atom is -0.285 e. The van der Waals surface area contributed by atoms with E-state index in [2.05, 4.69) is 6.58 Å². The third-order valence-electron chi connectivity index (χ3n) is 3.40. The summed E-state index contributed by atoms with van der Waals surface area (Å²) in [5, 5.41) is 0. The first-order valence-corrected chi connectivity index (χ1v) is 7.54. The van der Waals surface area contributed by atoms with Gasteiger partial charge in [0.15, 0.2) is 0 Å². The lowest BCUT2D eigenvalue weighted by atomic mass is 10.1. The lowest BCUT2D eigenvalue weighted by Gasteiger charge is -2.10. The molecule has 0 unspecified atom stereocenters. The minimum absolute atomic E-state index is 0.632. The summed E-state index contributed by atoms with van der Waals surface area (Å²) in [6.07, 6.45) is 10.4. The van der Waals surface area contributed by atoms with Crippen molar-refractivity contribution in [2.24, 2.45) is 0 Å². The Morgan fingerprint density at radius 2 is 1.69 bits per heavy atom. The molecule has 0 aromatic rings. The van der Waals surface area contributed by atoms with Crippen molar-refractivity contribution < 1.29 is 13.0 Å². The fraction of sp³-hybridized carbons (Fsp3) is 0.833. The van der Waals surface area contributed by atoms with Crippen LogP contribution in [0.5, 0.6) is 0 Å². The molecule has 0 amide bonds. The highest BCUT2D eigenvalue weighted by molar-refractivity contribution is 7.87. The molecular weight excluding hydrogens is 224 g/mol. The van der Waals surface area contributed by atoms with Crippen LogP contribution in [0.3, 0.4) is 0 Å². The van der Waals surface area contributed by atoms with Gasteiger partial charge in [-0.05, 0) is 32.1 Å². The lowest BCUT2D eigenvalue weighted by Crippen LogP contribution is -2.21. The van der Waals surface area contributed by atoms with Crippen LogP contribution < -0.4 is 0 Å². The van der Waals surface area contributed by atoms with E-state index in [1.165, 1.54) is 12.8 Å². The van der Waals surface area contributed by atoms with Gasteiger partial charge in [-0.25, -0.2) is 0 Å². The van der Waals surface area contributed by atoms with Gasteiger partial charge in [-0.3, -0.25) is 4.55 Å². The Morgan fingerprint density at radius 1 is 1.12 bits per heavy atom. The molecule has 0 saturated heterocycles. The van der Waals surface area contributed by atoms with Crippen LogP contribution in [-0.2, 0) is 10.1 Å². The quantitative estimate of drug-likeness (QED) is 0.386. The summed E-state index contributed by atoms with van der Waals surface area (Å²) < 4.78 is 30.4. The Morgan fingerprint density at radius 3 is 2.19 bits per heavy atom. The molecule has 0 aromatic heterocycles. The van der Waals surface area contributed by atoms with Gasteiger partial charge in [0.2, 0.25) is 0 Å². The summed E-state index contributed by atoms with van der Waals surface area (Å²) in [4.78, 5) is 0. The van der Waals surface area contributed by atoms with Crippen molar-refractivity contribution in [2.75, 3.05) is 0 Å². The molecule has 3 nitrogen and oxygen atoms in total. The van der Waals surface area contributed by atoms with Crippen molar-refractivity contribution in [2.45, 2.75) is 62.5 Å². The highest BCUT2D eigenvalue weighted by Gasteiger charge is 2.53. The Hall–Kier alpha value is -0.350. The molecule has 0 bridgehead atoms. The Labute approximate surface area is 98.7 Å². The van der Waals surface area contributed by atoms with Crippen LogP contribution in [-0.4, -0.2) is 17.7 Å². The molecule has 1 aliphatic rings. The molecule has 0 radical (unpaired) electrons. The first kappa shape index (κ1) is 13.7. The lowest BCUT2D eigenvalue weighted by molar-refractivity contribution is 0.452. The molecule has 1 rings (SSSR count). The highest BCUT2D eigenvalue weighted by Crippen LogP contribution is 2.47. The number of allylic oxidation sites excluding steroid dienone is 1. The van der Waals surface area contributed by atoms with Crippen LogP contribution in [0.2, 0.25) is 0 Å². The van der Waals surface area contributed by atoms with Crippen LogP contribution >= 0.6 is 0 Å². The van der Waals surface area contributed by atoms with E-state index < -0.39 is 14.9 Å². The van der Waals surface area contributed by atoms with Crippen molar-refractivity contribution in [3.8, 4) is 0 Å². The van der Waals surface area contributed by atoms with Crippen LogP contribution in [0.1, 0.15) is 57.8 Å². The maximum absolute atomic E-state index is 11.1. The zero-order valence-electron chi connectivity index (χ0n) is 9.82. The van der Waals surface area contributed by atoms with E-state index >= 15 is 0 Å². The van der Waals surface area contributed by atoms with Crippen LogP contribution in [0.4, 0.5) is 0 Å². The monoisotopic (exact) mass is 246 g/mol. The smallest absolute Gasteiger partial charge is 0.270 e. The molecule has 1 saturated carbocycles. The number of rotatable bonds is 9. The fourth-order valence-electron chi connectivity index (χ4n) is 2.04. The van der Waals surface area contributed by atoms with E-state index in [-0.39, 0.29) is 0 Å². The number of hydrogen-bond acceptors (Lipinski definition) is 2. The van der Waals surface area contributed by atoms with E-state index in [9.17, 15) is 8.42 Å². The molecule has 94 valence electrons. The normalized spacial score (nSPS) is 18.3. The second kappa shape index (κ2) is 5.82. The van der Waals surface area contributed by atoms with Crippen molar-refractivity contribution in [1.29, 1.82) is 0 Å². The predicted molar refractivity (Wildman–Crippen MR) is 66.0 cm³/mol. The van der Waals surface area contributed by atoms with Crippen LogP contribution in [0, 0.1) is 0 Å². The van der Waals surface area contributed by atoms with Gasteiger partial charge in [-0.15, -0.1) is 6.58 Å². The second-order valence-corrected chi connectivity index (χ2v) is 6.57. The third kappa shape index (κ3) is 3.91. The zero-order chi connectivity index (χ0) is 12.1. The maximum Gasteiger partial charge on any atom is 0.270 e. The van der Waals surface area contributed by atoms with Gasteiger partial charge in [0.25, 0.3) is 10.1 Å². The van der Waals surface area contributed by atoms with E-state index in [0.717, 1.165) is 25.7 Å². The van der Waals surface area contributed by atoms with Gasteiger partial charge in [-0.1, -0.05) is 31.8 Å². The summed E-state index contributed by atoms with van der Waals surface area (Å²) in [7, 11) is -3.81. The largest absolute Gasteiger partial charge is 0.285 e. The molecule has 4 heteroatoms. The summed E-state index contributed by atoms with van der Waals surface area (Å²) in [6, 6.07) is 0. The average molecular weight is 246 g/mol. The van der Waals surface area contributed by atoms with Crippen molar-refractivity contribution >= 4 is 10.1 Å². The van der Waals surface area contributed by atoms with Gasteiger partial charge in [-0.2, -0.15) is 8.42 Å². The van der Waals surface area contributed by atoms with E-state index in [0.29, 0.717) is 19.3 Å². The average Bonchev–Trinajstić information content (AvgIpc) is 2.96. The molecule has 0 atom stereocenters. The number of hydrogen-bond donors (Lipinski definition) is 1. The zero-order valence-corrected chi connectivity index (χ0v) is 10.6. The second-order valence-electron chi connectivity index (χ2n) is 4.75. The van der Waals surface area contributed by atoms with Crippen LogP contribution in [0.15, 0.2) is 12.7 Å². The Balaban J connectivity index is 2.06. The first-order valence-electron chi connectivity index (χ1n) is 6.10. The third-order valence-corrected chi connectivity index (χ3v) is 5.10. The SMILES string of the molecule is C=CCCCCCCCC1(S(=O)(=O)O)CC1. The van der Waals surface area contributed by atoms with E-state index in [1.54, 1.807) is 0 Å². The van der Waals surface area contributed by atoms with Crippen LogP contribution in [0.25, 0.3) is 0 Å². The minimum atomic E-state index is -3.81. The molecule has 1 aliphatic carbocycles. The molecule has 1 fully saturated rings. The summed E-state index contributed by atoms with van der Waals surface area (Å²) in [5.41, 5.74) is 0. The molecule has 0 aliphatic heterocycles. The topological polar surface area (TPSA) is 54.4 Å². The Bertz CT molecular complexity index is 315.